The van der Waals surface area contributed by atoms with E-state index in [2.05, 4.69) is 14.4 Å². The van der Waals surface area contributed by atoms with Crippen LogP contribution in [0.15, 0.2) is 39.7 Å². The molecule has 10 nitrogen and oxygen atoms in total. The monoisotopic (exact) mass is 480 g/mol. The van der Waals surface area contributed by atoms with E-state index in [-0.39, 0.29) is 28.6 Å². The highest BCUT2D eigenvalue weighted by atomic mass is 35.5. The summed E-state index contributed by atoms with van der Waals surface area (Å²) in [5.41, 5.74) is 1.31. The molecule has 0 radical (unpaired) electrons. The summed E-state index contributed by atoms with van der Waals surface area (Å²) in [5, 5.41) is 0.766. The molecule has 0 aliphatic rings. The number of fused-ring (bicyclic) bond motifs is 1. The van der Waals surface area contributed by atoms with Crippen molar-refractivity contribution in [2.45, 2.75) is 13.3 Å². The molecule has 0 aliphatic heterocycles. The van der Waals surface area contributed by atoms with Gasteiger partial charge in [-0.3, -0.25) is 4.72 Å². The molecule has 2 aromatic heterocycles. The minimum Gasteiger partial charge on any atom is -0.422 e. The molecule has 1 amide bonds. The van der Waals surface area contributed by atoms with E-state index in [0.29, 0.717) is 22.1 Å². The molecular weight excluding hydrogens is 460 g/mol. The summed E-state index contributed by atoms with van der Waals surface area (Å²) < 4.78 is 38.4. The number of halogens is 1. The predicted octanol–water partition coefficient (Wildman–Crippen LogP) is 2.68. The zero-order chi connectivity index (χ0) is 23.6. The number of ether oxygens (including phenoxy) is 1. The number of benzene rings is 1. The van der Waals surface area contributed by atoms with E-state index in [4.69, 9.17) is 20.8 Å². The molecule has 0 fully saturated rings. The Morgan fingerprint density at radius 2 is 2.00 bits per heavy atom. The first-order chi connectivity index (χ1) is 15.0. The maximum absolute atomic E-state index is 12.7. The summed E-state index contributed by atoms with van der Waals surface area (Å²) in [5.74, 6) is 0.179. The van der Waals surface area contributed by atoms with Crippen LogP contribution in [0.1, 0.15) is 16.7 Å². The zero-order valence-electron chi connectivity index (χ0n) is 17.7. The number of amides is 1. The number of carbonyl (C=O) groups excluding carboxylic acids is 1. The lowest BCUT2D eigenvalue weighted by atomic mass is 10.00. The molecule has 170 valence electrons. The minimum absolute atomic E-state index is 0.0729. The standard InChI is InChI=1S/C20H21ClN4O6S/c1-11-13-9-15(21)17(31-20(27)25(3)4)10-16(13)30-19(26)14(11)7-12-5-6-23-18(8-12)24-32(28,29)22-2/h5-6,8-10,22H,7H2,1-4H3,(H,23,24). The molecule has 0 saturated carbocycles. The summed E-state index contributed by atoms with van der Waals surface area (Å²) in [6.07, 6.45) is 0.989. The van der Waals surface area contributed by atoms with Crippen molar-refractivity contribution in [2.24, 2.45) is 0 Å². The Balaban J connectivity index is 1.98. The molecule has 0 spiro atoms. The summed E-state index contributed by atoms with van der Waals surface area (Å²) in [7, 11) is 0.605. The van der Waals surface area contributed by atoms with E-state index in [1.165, 1.54) is 44.4 Å². The second kappa shape index (κ2) is 9.15. The lowest BCUT2D eigenvalue weighted by Crippen LogP contribution is -2.26. The number of hydrogen-bond donors (Lipinski definition) is 2. The average molecular weight is 481 g/mol. The summed E-state index contributed by atoms with van der Waals surface area (Å²) in [6.45, 7) is 1.75. The van der Waals surface area contributed by atoms with Crippen LogP contribution < -0.4 is 19.8 Å². The highest BCUT2D eigenvalue weighted by Gasteiger charge is 2.17. The number of nitrogens with zero attached hydrogens (tertiary/aromatic N) is 2. The molecule has 3 rings (SSSR count). The van der Waals surface area contributed by atoms with Gasteiger partial charge in [-0.1, -0.05) is 11.6 Å². The number of aryl methyl sites for hydroxylation is 1. The number of pyridine rings is 1. The van der Waals surface area contributed by atoms with Gasteiger partial charge in [-0.25, -0.2) is 19.3 Å². The van der Waals surface area contributed by atoms with E-state index in [9.17, 15) is 18.0 Å². The quantitative estimate of drug-likeness (QED) is 0.518. The van der Waals surface area contributed by atoms with Gasteiger partial charge in [0.25, 0.3) is 10.2 Å². The predicted molar refractivity (Wildman–Crippen MR) is 121 cm³/mol. The molecule has 0 bridgehead atoms. The molecule has 0 aliphatic carbocycles. The van der Waals surface area contributed by atoms with Gasteiger partial charge in [-0.2, -0.15) is 8.42 Å². The van der Waals surface area contributed by atoms with E-state index in [1.54, 1.807) is 19.1 Å². The largest absolute Gasteiger partial charge is 0.422 e. The fraction of sp³-hybridized carbons (Fsp3) is 0.250. The van der Waals surface area contributed by atoms with Crippen LogP contribution in [-0.4, -0.2) is 45.5 Å². The fourth-order valence-electron chi connectivity index (χ4n) is 2.89. The Hall–Kier alpha value is -3.15. The van der Waals surface area contributed by atoms with Crippen LogP contribution in [0.3, 0.4) is 0 Å². The minimum atomic E-state index is -3.73. The van der Waals surface area contributed by atoms with Gasteiger partial charge in [0.05, 0.1) is 5.02 Å². The average Bonchev–Trinajstić information content (AvgIpc) is 2.72. The van der Waals surface area contributed by atoms with Gasteiger partial charge >= 0.3 is 11.7 Å². The van der Waals surface area contributed by atoms with Crippen LogP contribution in [0, 0.1) is 6.92 Å². The summed E-state index contributed by atoms with van der Waals surface area (Å²) in [4.78, 5) is 29.7. The van der Waals surface area contributed by atoms with Gasteiger partial charge in [0.1, 0.15) is 11.4 Å². The Labute approximate surface area is 189 Å². The maximum atomic E-state index is 12.7. The van der Waals surface area contributed by atoms with Gasteiger partial charge in [-0.05, 0) is 36.2 Å². The third-order valence-corrected chi connectivity index (χ3v) is 5.93. The van der Waals surface area contributed by atoms with E-state index >= 15 is 0 Å². The van der Waals surface area contributed by atoms with E-state index in [1.807, 2.05) is 0 Å². The number of anilines is 1. The van der Waals surface area contributed by atoms with Gasteiger partial charge in [-0.15, -0.1) is 0 Å². The molecule has 32 heavy (non-hydrogen) atoms. The van der Waals surface area contributed by atoms with Gasteiger partial charge in [0.2, 0.25) is 0 Å². The summed E-state index contributed by atoms with van der Waals surface area (Å²) >= 11 is 6.28. The molecule has 0 unspecified atom stereocenters. The van der Waals surface area contributed by atoms with Crippen LogP contribution in [-0.2, 0) is 16.6 Å². The third-order valence-electron chi connectivity index (χ3n) is 4.62. The molecule has 0 atom stereocenters. The van der Waals surface area contributed by atoms with Gasteiger partial charge < -0.3 is 14.1 Å². The molecule has 12 heteroatoms. The number of carbonyl (C=O) groups is 1. The van der Waals surface area contributed by atoms with Crippen molar-refractivity contribution in [1.82, 2.24) is 14.6 Å². The number of aromatic nitrogens is 1. The normalized spacial score (nSPS) is 11.4. The molecule has 2 N–H and O–H groups in total. The molecule has 0 saturated heterocycles. The maximum Gasteiger partial charge on any atom is 0.414 e. The van der Waals surface area contributed by atoms with Crippen molar-refractivity contribution in [3.05, 3.63) is 62.6 Å². The third kappa shape index (κ3) is 5.18. The van der Waals surface area contributed by atoms with E-state index in [0.717, 1.165) is 0 Å². The van der Waals surface area contributed by atoms with Crippen LogP contribution in [0.4, 0.5) is 10.6 Å². The Kier molecular flexibility index (Phi) is 6.72. The van der Waals surface area contributed by atoms with Crippen molar-refractivity contribution in [3.63, 3.8) is 0 Å². The van der Waals surface area contributed by atoms with Crippen molar-refractivity contribution in [2.75, 3.05) is 25.9 Å². The van der Waals surface area contributed by atoms with Crippen molar-refractivity contribution in [3.8, 4) is 5.75 Å². The Morgan fingerprint density at radius 1 is 1.28 bits per heavy atom. The SMILES string of the molecule is CNS(=O)(=O)Nc1cc(Cc2c(C)c3cc(Cl)c(OC(=O)N(C)C)cc3oc2=O)ccn1. The van der Waals surface area contributed by atoms with Crippen molar-refractivity contribution < 1.29 is 22.4 Å². The second-order valence-corrected chi connectivity index (χ2v) is 9.10. The van der Waals surface area contributed by atoms with Crippen molar-refractivity contribution >= 4 is 44.7 Å². The topological polar surface area (TPSA) is 131 Å². The Morgan fingerprint density at radius 3 is 2.66 bits per heavy atom. The summed E-state index contributed by atoms with van der Waals surface area (Å²) in [6, 6.07) is 6.15. The highest BCUT2D eigenvalue weighted by Crippen LogP contribution is 2.32. The first-order valence-electron chi connectivity index (χ1n) is 9.32. The second-order valence-electron chi connectivity index (χ2n) is 7.07. The number of nitrogens with one attached hydrogen (secondary N) is 2. The lowest BCUT2D eigenvalue weighted by molar-refractivity contribution is 0.172. The smallest absolute Gasteiger partial charge is 0.414 e. The lowest BCUT2D eigenvalue weighted by Gasteiger charge is -2.13. The first-order valence-corrected chi connectivity index (χ1v) is 11.2. The van der Waals surface area contributed by atoms with Crippen LogP contribution in [0.25, 0.3) is 11.0 Å². The van der Waals surface area contributed by atoms with E-state index < -0.39 is 21.9 Å². The number of rotatable bonds is 6. The van der Waals surface area contributed by atoms with Gasteiger partial charge in [0.15, 0.2) is 5.75 Å². The fourth-order valence-corrected chi connectivity index (χ4v) is 3.58. The molecule has 2 heterocycles. The number of hydrogen-bond acceptors (Lipinski definition) is 7. The molecule has 3 aromatic rings. The van der Waals surface area contributed by atoms with Crippen LogP contribution in [0.5, 0.6) is 5.75 Å². The first kappa shape index (κ1) is 23.5. The van der Waals surface area contributed by atoms with Crippen LogP contribution in [0.2, 0.25) is 5.02 Å². The highest BCUT2D eigenvalue weighted by molar-refractivity contribution is 7.90. The molecule has 1 aromatic carbocycles. The van der Waals surface area contributed by atoms with Crippen molar-refractivity contribution in [1.29, 1.82) is 0 Å². The molecular formula is C20H21ClN4O6S. The van der Waals surface area contributed by atoms with Crippen LogP contribution >= 0.6 is 11.6 Å². The zero-order valence-corrected chi connectivity index (χ0v) is 19.3. The Bertz CT molecular complexity index is 1350. The van der Waals surface area contributed by atoms with Gasteiger partial charge in [0, 0.05) is 50.8 Å².